The molecule has 0 fully saturated rings. The molecule has 1 aromatic heterocycles. The van der Waals surface area contributed by atoms with Gasteiger partial charge in [-0.05, 0) is 36.8 Å². The quantitative estimate of drug-likeness (QED) is 0.262. The fourth-order valence-electron chi connectivity index (χ4n) is 2.96. The molecule has 1 amide bonds. The van der Waals surface area contributed by atoms with Gasteiger partial charge in [-0.2, -0.15) is 0 Å². The van der Waals surface area contributed by atoms with E-state index in [9.17, 15) is 22.4 Å². The molecule has 10 heteroatoms. The summed E-state index contributed by atoms with van der Waals surface area (Å²) in [5.41, 5.74) is 0.569. The summed E-state index contributed by atoms with van der Waals surface area (Å²) in [6.45, 7) is 1.56. The number of hydrogen-bond acceptors (Lipinski definition) is 3. The van der Waals surface area contributed by atoms with Crippen LogP contribution in [-0.4, -0.2) is 10.9 Å². The summed E-state index contributed by atoms with van der Waals surface area (Å²) in [6.07, 6.45) is 0. The van der Waals surface area contributed by atoms with Crippen LogP contribution < -0.4 is 5.32 Å². The maximum atomic E-state index is 14.3. The van der Waals surface area contributed by atoms with E-state index >= 15 is 0 Å². The van der Waals surface area contributed by atoms with Crippen molar-refractivity contribution in [1.29, 1.82) is 0 Å². The predicted octanol–water partition coefficient (Wildman–Crippen LogP) is 6.92. The van der Waals surface area contributed by atoms with E-state index in [0.29, 0.717) is 5.56 Å². The van der Waals surface area contributed by atoms with Gasteiger partial charge in [0.2, 0.25) is 5.89 Å². The Morgan fingerprint density at radius 3 is 2.52 bits per heavy atom. The van der Waals surface area contributed by atoms with Crippen LogP contribution in [0.5, 0.6) is 0 Å². The molecular formula is C21H10Cl2F4N2O2. The average Bonchev–Trinajstić information content (AvgIpc) is 3.11. The number of aromatic nitrogens is 1. The first-order valence-corrected chi connectivity index (χ1v) is 9.42. The van der Waals surface area contributed by atoms with Crippen LogP contribution in [-0.2, 0) is 0 Å². The van der Waals surface area contributed by atoms with Crippen molar-refractivity contribution in [3.8, 4) is 11.5 Å². The van der Waals surface area contributed by atoms with Crippen molar-refractivity contribution in [3.63, 3.8) is 0 Å². The van der Waals surface area contributed by atoms with Gasteiger partial charge >= 0.3 is 0 Å². The van der Waals surface area contributed by atoms with Crippen LogP contribution in [0.1, 0.15) is 15.9 Å². The normalized spacial score (nSPS) is 11.2. The number of rotatable bonds is 3. The van der Waals surface area contributed by atoms with Crippen LogP contribution in [0.4, 0.5) is 23.2 Å². The number of carbonyl (C=O) groups is 1. The Balaban J connectivity index is 1.75. The third kappa shape index (κ3) is 3.84. The number of anilines is 1. The highest BCUT2D eigenvalue weighted by molar-refractivity contribution is 6.34. The monoisotopic (exact) mass is 468 g/mol. The van der Waals surface area contributed by atoms with Crippen molar-refractivity contribution in [2.45, 2.75) is 6.92 Å². The summed E-state index contributed by atoms with van der Waals surface area (Å²) in [5.74, 6) is -4.92. The molecule has 0 aliphatic heterocycles. The molecule has 0 saturated carbocycles. The molecular weight excluding hydrogens is 459 g/mol. The molecule has 0 aliphatic carbocycles. The first-order chi connectivity index (χ1) is 14.7. The van der Waals surface area contributed by atoms with E-state index in [-0.39, 0.29) is 38.8 Å². The zero-order chi connectivity index (χ0) is 22.4. The number of nitrogens with zero attached hydrogens (tertiary/aromatic N) is 1. The van der Waals surface area contributed by atoms with Gasteiger partial charge in [0, 0.05) is 23.4 Å². The molecule has 4 aromatic rings. The zero-order valence-electron chi connectivity index (χ0n) is 15.5. The first-order valence-electron chi connectivity index (χ1n) is 8.66. The Morgan fingerprint density at radius 2 is 1.77 bits per heavy atom. The van der Waals surface area contributed by atoms with Crippen LogP contribution in [0.25, 0.3) is 22.6 Å². The molecule has 1 N–H and O–H groups in total. The summed E-state index contributed by atoms with van der Waals surface area (Å²) in [5, 5.41) is 1.55. The first kappa shape index (κ1) is 21.1. The molecule has 0 unspecified atom stereocenters. The summed E-state index contributed by atoms with van der Waals surface area (Å²) in [4.78, 5) is 16.7. The number of halogens is 6. The predicted molar refractivity (Wildman–Crippen MR) is 108 cm³/mol. The average molecular weight is 469 g/mol. The zero-order valence-corrected chi connectivity index (χ0v) is 17.0. The standard InChI is InChI=1S/C21H10Cl2F4N2O2/c1-8-11(21-29-16-7-14(26)12(22)6-17(16)31-21)4-9(24)5-15(8)28-20(30)10-2-3-13(25)19(27)18(10)23/h2-7H,1H3,(H,28,30). The fourth-order valence-corrected chi connectivity index (χ4v) is 3.35. The Labute approximate surface area is 182 Å². The van der Waals surface area contributed by atoms with Crippen molar-refractivity contribution in [2.24, 2.45) is 0 Å². The van der Waals surface area contributed by atoms with Gasteiger partial charge in [0.25, 0.3) is 5.91 Å². The number of carbonyl (C=O) groups excluding carboxylic acids is 1. The Hall–Kier alpha value is -3.10. The van der Waals surface area contributed by atoms with E-state index in [1.54, 1.807) is 6.92 Å². The van der Waals surface area contributed by atoms with Gasteiger partial charge in [-0.3, -0.25) is 4.79 Å². The maximum absolute atomic E-state index is 14.3. The molecule has 4 nitrogen and oxygen atoms in total. The lowest BCUT2D eigenvalue weighted by Gasteiger charge is -2.12. The number of hydrogen-bond donors (Lipinski definition) is 1. The minimum absolute atomic E-state index is 0.0206. The van der Waals surface area contributed by atoms with Gasteiger partial charge in [-0.15, -0.1) is 0 Å². The minimum Gasteiger partial charge on any atom is -0.436 e. The van der Waals surface area contributed by atoms with Crippen LogP contribution >= 0.6 is 23.2 Å². The second-order valence-electron chi connectivity index (χ2n) is 6.56. The Kier molecular flexibility index (Phi) is 5.36. The van der Waals surface area contributed by atoms with Crippen molar-refractivity contribution in [1.82, 2.24) is 4.98 Å². The number of nitrogens with one attached hydrogen (secondary N) is 1. The summed E-state index contributed by atoms with van der Waals surface area (Å²) >= 11 is 11.5. The molecule has 4 rings (SSSR count). The fraction of sp³-hybridized carbons (Fsp3) is 0.0476. The lowest BCUT2D eigenvalue weighted by molar-refractivity contribution is 0.102. The molecule has 0 spiro atoms. The van der Waals surface area contributed by atoms with Crippen molar-refractivity contribution >= 4 is 45.9 Å². The van der Waals surface area contributed by atoms with Gasteiger partial charge in [-0.1, -0.05) is 23.2 Å². The Morgan fingerprint density at radius 1 is 1.03 bits per heavy atom. The van der Waals surface area contributed by atoms with E-state index in [2.05, 4.69) is 10.3 Å². The number of benzene rings is 3. The van der Waals surface area contributed by atoms with Crippen LogP contribution in [0, 0.1) is 30.2 Å². The van der Waals surface area contributed by atoms with E-state index in [1.807, 2.05) is 0 Å². The molecule has 1 heterocycles. The largest absolute Gasteiger partial charge is 0.436 e. The van der Waals surface area contributed by atoms with Crippen molar-refractivity contribution < 1.29 is 26.8 Å². The molecule has 0 aliphatic rings. The lowest BCUT2D eigenvalue weighted by atomic mass is 10.1. The van der Waals surface area contributed by atoms with Crippen LogP contribution in [0.2, 0.25) is 10.0 Å². The highest BCUT2D eigenvalue weighted by atomic mass is 35.5. The van der Waals surface area contributed by atoms with E-state index < -0.39 is 34.2 Å². The van der Waals surface area contributed by atoms with Gasteiger partial charge in [0.1, 0.15) is 17.2 Å². The number of amides is 1. The summed E-state index contributed by atoms with van der Waals surface area (Å²) < 4.78 is 60.5. The molecule has 158 valence electrons. The topological polar surface area (TPSA) is 55.1 Å². The molecule has 0 saturated heterocycles. The SMILES string of the molecule is Cc1c(NC(=O)c2ccc(F)c(F)c2Cl)cc(F)cc1-c1nc2cc(F)c(Cl)cc2o1. The van der Waals surface area contributed by atoms with E-state index in [1.165, 1.54) is 6.07 Å². The molecule has 0 bridgehead atoms. The lowest BCUT2D eigenvalue weighted by Crippen LogP contribution is -2.14. The van der Waals surface area contributed by atoms with Gasteiger partial charge in [0.15, 0.2) is 17.2 Å². The van der Waals surface area contributed by atoms with E-state index in [0.717, 1.165) is 30.3 Å². The molecule has 3 aromatic carbocycles. The van der Waals surface area contributed by atoms with Gasteiger partial charge < -0.3 is 9.73 Å². The number of oxazole rings is 1. The second-order valence-corrected chi connectivity index (χ2v) is 7.34. The van der Waals surface area contributed by atoms with E-state index in [4.69, 9.17) is 27.6 Å². The van der Waals surface area contributed by atoms with Crippen LogP contribution in [0.3, 0.4) is 0 Å². The van der Waals surface area contributed by atoms with Gasteiger partial charge in [-0.25, -0.2) is 22.5 Å². The third-order valence-electron chi connectivity index (χ3n) is 4.56. The highest BCUT2D eigenvalue weighted by Crippen LogP contribution is 2.33. The second kappa shape index (κ2) is 7.86. The third-order valence-corrected chi connectivity index (χ3v) is 5.22. The smallest absolute Gasteiger partial charge is 0.257 e. The molecule has 0 atom stereocenters. The minimum atomic E-state index is -1.37. The number of fused-ring (bicyclic) bond motifs is 1. The van der Waals surface area contributed by atoms with Gasteiger partial charge in [0.05, 0.1) is 15.6 Å². The Bertz CT molecular complexity index is 1330. The van der Waals surface area contributed by atoms with Crippen molar-refractivity contribution in [2.75, 3.05) is 5.32 Å². The summed E-state index contributed by atoms with van der Waals surface area (Å²) in [6, 6.07) is 6.23. The van der Waals surface area contributed by atoms with Crippen molar-refractivity contribution in [3.05, 3.63) is 80.8 Å². The molecule has 31 heavy (non-hydrogen) atoms. The molecule has 0 radical (unpaired) electrons. The summed E-state index contributed by atoms with van der Waals surface area (Å²) in [7, 11) is 0. The highest BCUT2D eigenvalue weighted by Gasteiger charge is 2.21. The van der Waals surface area contributed by atoms with Crippen LogP contribution in [0.15, 0.2) is 40.8 Å². The maximum Gasteiger partial charge on any atom is 0.257 e.